The van der Waals surface area contributed by atoms with Crippen LogP contribution in [0.5, 0.6) is 5.75 Å². The van der Waals surface area contributed by atoms with E-state index in [-0.39, 0.29) is 11.9 Å². The Morgan fingerprint density at radius 3 is 2.41 bits per heavy atom. The molecule has 2 N–H and O–H groups in total. The van der Waals surface area contributed by atoms with E-state index in [1.807, 2.05) is 24.3 Å². The number of carbonyl (C=O) groups is 2. The van der Waals surface area contributed by atoms with Crippen LogP contribution in [0.4, 0.5) is 0 Å². The lowest BCUT2D eigenvalue weighted by Gasteiger charge is -2.17. The number of hydrogen-bond donors (Lipinski definition) is 2. The molecule has 2 unspecified atom stereocenters. The van der Waals surface area contributed by atoms with Gasteiger partial charge in [0.15, 0.2) is 0 Å². The summed E-state index contributed by atoms with van der Waals surface area (Å²) in [5, 5.41) is 11.6. The standard InChI is InChI=1S/C17H25NO4/c1-4-11-22-15-8-5-14(6-9-15)7-10-16(19)18-13(3)12(2)17(20)21/h5-6,8-9,12-13H,4,7,10-11H2,1-3H3,(H,18,19)(H,20,21). The van der Waals surface area contributed by atoms with Crippen molar-refractivity contribution in [3.8, 4) is 5.75 Å². The smallest absolute Gasteiger partial charge is 0.308 e. The Labute approximate surface area is 131 Å². The molecule has 0 aromatic heterocycles. The van der Waals surface area contributed by atoms with Crippen molar-refractivity contribution in [2.75, 3.05) is 6.61 Å². The van der Waals surface area contributed by atoms with E-state index in [9.17, 15) is 9.59 Å². The van der Waals surface area contributed by atoms with Gasteiger partial charge in [-0.25, -0.2) is 0 Å². The van der Waals surface area contributed by atoms with E-state index in [0.29, 0.717) is 19.4 Å². The molecule has 1 amide bonds. The normalized spacial score (nSPS) is 13.2. The number of hydrogen-bond acceptors (Lipinski definition) is 3. The molecule has 0 spiro atoms. The maximum Gasteiger partial charge on any atom is 0.308 e. The van der Waals surface area contributed by atoms with Gasteiger partial charge in [-0.1, -0.05) is 19.1 Å². The zero-order chi connectivity index (χ0) is 16.5. The molecule has 0 aliphatic carbocycles. The van der Waals surface area contributed by atoms with Gasteiger partial charge in [0.1, 0.15) is 5.75 Å². The molecule has 22 heavy (non-hydrogen) atoms. The molecule has 1 aromatic rings. The highest BCUT2D eigenvalue weighted by molar-refractivity contribution is 5.78. The number of carbonyl (C=O) groups excluding carboxylic acids is 1. The molecular weight excluding hydrogens is 282 g/mol. The summed E-state index contributed by atoms with van der Waals surface area (Å²) in [5.74, 6) is -0.805. The van der Waals surface area contributed by atoms with Crippen LogP contribution in [0, 0.1) is 5.92 Å². The first-order valence-electron chi connectivity index (χ1n) is 7.68. The van der Waals surface area contributed by atoms with Gasteiger partial charge in [-0.2, -0.15) is 0 Å². The van der Waals surface area contributed by atoms with Crippen molar-refractivity contribution in [3.63, 3.8) is 0 Å². The molecule has 2 atom stereocenters. The van der Waals surface area contributed by atoms with Crippen LogP contribution >= 0.6 is 0 Å². The van der Waals surface area contributed by atoms with Crippen LogP contribution < -0.4 is 10.1 Å². The lowest BCUT2D eigenvalue weighted by Crippen LogP contribution is -2.40. The molecular formula is C17H25NO4. The fraction of sp³-hybridized carbons (Fsp3) is 0.529. The first-order chi connectivity index (χ1) is 10.4. The third-order valence-electron chi connectivity index (χ3n) is 3.57. The van der Waals surface area contributed by atoms with Gasteiger partial charge in [0.2, 0.25) is 5.91 Å². The van der Waals surface area contributed by atoms with Gasteiger partial charge < -0.3 is 15.2 Å². The summed E-state index contributed by atoms with van der Waals surface area (Å²) in [6, 6.07) is 7.31. The van der Waals surface area contributed by atoms with E-state index in [4.69, 9.17) is 9.84 Å². The predicted octanol–water partition coefficient (Wildman–Crippen LogP) is 2.63. The SMILES string of the molecule is CCCOc1ccc(CCC(=O)NC(C)C(C)C(=O)O)cc1. The van der Waals surface area contributed by atoms with E-state index in [0.717, 1.165) is 17.7 Å². The van der Waals surface area contributed by atoms with Crippen molar-refractivity contribution in [2.24, 2.45) is 5.92 Å². The molecule has 1 aromatic carbocycles. The summed E-state index contributed by atoms with van der Waals surface area (Å²) in [6.45, 7) is 6.04. The molecule has 0 bridgehead atoms. The van der Waals surface area contributed by atoms with Crippen LogP contribution in [-0.2, 0) is 16.0 Å². The Morgan fingerprint density at radius 2 is 1.86 bits per heavy atom. The molecule has 0 fully saturated rings. The third kappa shape index (κ3) is 6.16. The highest BCUT2D eigenvalue weighted by Crippen LogP contribution is 2.13. The number of aryl methyl sites for hydroxylation is 1. The molecule has 0 saturated carbocycles. The Morgan fingerprint density at radius 1 is 1.23 bits per heavy atom. The zero-order valence-electron chi connectivity index (χ0n) is 13.5. The molecule has 0 radical (unpaired) electrons. The first kappa shape index (κ1) is 18.0. The fourth-order valence-corrected chi connectivity index (χ4v) is 1.90. The van der Waals surface area contributed by atoms with Crippen molar-refractivity contribution in [1.29, 1.82) is 0 Å². The summed E-state index contributed by atoms with van der Waals surface area (Å²) in [6.07, 6.45) is 1.93. The van der Waals surface area contributed by atoms with E-state index < -0.39 is 11.9 Å². The molecule has 0 saturated heterocycles. The van der Waals surface area contributed by atoms with Crippen LogP contribution in [0.3, 0.4) is 0 Å². The highest BCUT2D eigenvalue weighted by atomic mass is 16.5. The Balaban J connectivity index is 2.39. The van der Waals surface area contributed by atoms with E-state index >= 15 is 0 Å². The summed E-state index contributed by atoms with van der Waals surface area (Å²) < 4.78 is 5.50. The van der Waals surface area contributed by atoms with Crippen LogP contribution in [0.25, 0.3) is 0 Å². The first-order valence-corrected chi connectivity index (χ1v) is 7.68. The van der Waals surface area contributed by atoms with Crippen molar-refractivity contribution in [3.05, 3.63) is 29.8 Å². The zero-order valence-corrected chi connectivity index (χ0v) is 13.5. The van der Waals surface area contributed by atoms with E-state index in [1.54, 1.807) is 13.8 Å². The minimum atomic E-state index is -0.907. The van der Waals surface area contributed by atoms with Gasteiger partial charge >= 0.3 is 5.97 Å². The minimum Gasteiger partial charge on any atom is -0.494 e. The Kier molecular flexibility index (Phi) is 7.43. The topological polar surface area (TPSA) is 75.6 Å². The van der Waals surface area contributed by atoms with E-state index in [2.05, 4.69) is 12.2 Å². The second kappa shape index (κ2) is 9.07. The average molecular weight is 307 g/mol. The number of amides is 1. The van der Waals surface area contributed by atoms with Crippen molar-refractivity contribution < 1.29 is 19.4 Å². The number of ether oxygens (including phenoxy) is 1. The third-order valence-corrected chi connectivity index (χ3v) is 3.57. The van der Waals surface area contributed by atoms with Gasteiger partial charge in [-0.15, -0.1) is 0 Å². The van der Waals surface area contributed by atoms with Crippen LogP contribution in [0.1, 0.15) is 39.2 Å². The highest BCUT2D eigenvalue weighted by Gasteiger charge is 2.20. The van der Waals surface area contributed by atoms with Gasteiger partial charge in [0.05, 0.1) is 12.5 Å². The summed E-state index contributed by atoms with van der Waals surface area (Å²) in [4.78, 5) is 22.7. The quantitative estimate of drug-likeness (QED) is 0.735. The molecule has 1 rings (SSSR count). The monoisotopic (exact) mass is 307 g/mol. The second-order valence-corrected chi connectivity index (χ2v) is 5.48. The molecule has 5 heteroatoms. The lowest BCUT2D eigenvalue weighted by molar-refractivity contribution is -0.142. The maximum absolute atomic E-state index is 11.8. The molecule has 5 nitrogen and oxygen atoms in total. The number of aliphatic carboxylic acids is 1. The van der Waals surface area contributed by atoms with Gasteiger partial charge in [-0.3, -0.25) is 9.59 Å². The summed E-state index contributed by atoms with van der Waals surface area (Å²) in [7, 11) is 0. The summed E-state index contributed by atoms with van der Waals surface area (Å²) in [5.41, 5.74) is 1.05. The van der Waals surface area contributed by atoms with Crippen LogP contribution in [0.15, 0.2) is 24.3 Å². The molecule has 122 valence electrons. The number of benzene rings is 1. The Bertz CT molecular complexity index is 484. The summed E-state index contributed by atoms with van der Waals surface area (Å²) >= 11 is 0. The van der Waals surface area contributed by atoms with E-state index in [1.165, 1.54) is 0 Å². The predicted molar refractivity (Wildman–Crippen MR) is 85.0 cm³/mol. The van der Waals surface area contributed by atoms with Crippen LogP contribution in [-0.4, -0.2) is 29.6 Å². The molecule has 0 aliphatic heterocycles. The lowest BCUT2D eigenvalue weighted by atomic mass is 10.0. The fourth-order valence-electron chi connectivity index (χ4n) is 1.90. The minimum absolute atomic E-state index is 0.132. The number of nitrogens with one attached hydrogen (secondary N) is 1. The number of rotatable bonds is 9. The van der Waals surface area contributed by atoms with Crippen molar-refractivity contribution >= 4 is 11.9 Å². The van der Waals surface area contributed by atoms with Gasteiger partial charge in [0, 0.05) is 12.5 Å². The maximum atomic E-state index is 11.8. The number of carboxylic acid groups (broad SMARTS) is 1. The number of carboxylic acids is 1. The van der Waals surface area contributed by atoms with Crippen molar-refractivity contribution in [1.82, 2.24) is 5.32 Å². The van der Waals surface area contributed by atoms with Crippen LogP contribution in [0.2, 0.25) is 0 Å². The van der Waals surface area contributed by atoms with Gasteiger partial charge in [0.25, 0.3) is 0 Å². The van der Waals surface area contributed by atoms with Crippen molar-refractivity contribution in [2.45, 2.75) is 46.1 Å². The second-order valence-electron chi connectivity index (χ2n) is 5.48. The average Bonchev–Trinajstić information content (AvgIpc) is 2.50. The Hall–Kier alpha value is -2.04. The van der Waals surface area contributed by atoms with Gasteiger partial charge in [-0.05, 0) is 44.4 Å². The molecule has 0 aliphatic rings. The molecule has 0 heterocycles. The largest absolute Gasteiger partial charge is 0.494 e.